The molecule has 0 aromatic heterocycles. The second-order valence-electron chi connectivity index (χ2n) is 4.93. The van der Waals surface area contributed by atoms with Crippen LogP contribution < -0.4 is 0 Å². The summed E-state index contributed by atoms with van der Waals surface area (Å²) in [6.07, 6.45) is -13.3. The Labute approximate surface area is 155 Å². The molecule has 6 nitrogen and oxygen atoms in total. The maximum absolute atomic E-state index is 12.6. The van der Waals surface area contributed by atoms with E-state index in [4.69, 9.17) is 0 Å². The van der Waals surface area contributed by atoms with E-state index in [1.165, 1.54) is 0 Å². The predicted molar refractivity (Wildman–Crippen MR) is 81.7 cm³/mol. The van der Waals surface area contributed by atoms with E-state index < -0.39 is 56.4 Å². The first-order chi connectivity index (χ1) is 12.7. The second kappa shape index (κ2) is 10.9. The molecule has 162 valence electrons. The number of hydrogen-bond donors (Lipinski definition) is 0. The maximum atomic E-state index is 12.6. The number of halogens is 7. The first kappa shape index (κ1) is 26.5. The smallest absolute Gasteiger partial charge is 0.220 e. The molecule has 0 aromatic carbocycles. The zero-order valence-corrected chi connectivity index (χ0v) is 15.0. The summed E-state index contributed by atoms with van der Waals surface area (Å²) < 4.78 is 111. The van der Waals surface area contributed by atoms with Crippen LogP contribution in [0.4, 0.5) is 30.9 Å². The lowest BCUT2D eigenvalue weighted by Crippen LogP contribution is -2.27. The molecule has 14 heteroatoms. The summed E-state index contributed by atoms with van der Waals surface area (Å²) in [5.41, 5.74) is -3.04. The van der Waals surface area contributed by atoms with E-state index in [0.717, 1.165) is 12.2 Å². The van der Waals surface area contributed by atoms with Gasteiger partial charge in [0.25, 0.3) is 0 Å². The highest BCUT2D eigenvalue weighted by atomic mass is 31.2. The Bertz CT molecular complexity index is 568. The molecule has 2 atom stereocenters. The van der Waals surface area contributed by atoms with Gasteiger partial charge in [-0.2, -0.15) is 26.3 Å². The van der Waals surface area contributed by atoms with Crippen LogP contribution in [0.25, 0.3) is 0 Å². The van der Waals surface area contributed by atoms with Gasteiger partial charge >= 0.3 is 20.2 Å². The molecule has 0 spiro atoms. The first-order valence-corrected chi connectivity index (χ1v) is 8.52. The van der Waals surface area contributed by atoms with Gasteiger partial charge in [0.2, 0.25) is 0 Å². The third-order valence-electron chi connectivity index (χ3n) is 2.85. The Balaban J connectivity index is 5.16. The molecule has 0 aromatic rings. The first-order valence-electron chi connectivity index (χ1n) is 7.06. The van der Waals surface area contributed by atoms with Crippen molar-refractivity contribution in [1.29, 1.82) is 0 Å². The Morgan fingerprint density at radius 1 is 0.857 bits per heavy atom. The summed E-state index contributed by atoms with van der Waals surface area (Å²) in [6.45, 7) is 11.7. The summed E-state index contributed by atoms with van der Waals surface area (Å²) in [4.78, 5) is 8.32. The molecule has 0 aliphatic carbocycles. The van der Waals surface area contributed by atoms with Crippen LogP contribution in [-0.4, -0.2) is 24.6 Å². The van der Waals surface area contributed by atoms with Crippen LogP contribution in [0.15, 0.2) is 49.6 Å². The lowest BCUT2D eigenvalue weighted by Gasteiger charge is -2.22. The van der Waals surface area contributed by atoms with E-state index in [1.807, 2.05) is 0 Å². The van der Waals surface area contributed by atoms with Crippen LogP contribution in [-0.2, 0) is 28.4 Å². The van der Waals surface area contributed by atoms with Crippen molar-refractivity contribution >= 4 is 7.82 Å². The molecule has 2 unspecified atom stereocenters. The van der Waals surface area contributed by atoms with Gasteiger partial charge in [0.05, 0.1) is 11.1 Å². The predicted octanol–water partition coefficient (Wildman–Crippen LogP) is 6.02. The highest BCUT2D eigenvalue weighted by molar-refractivity contribution is 7.48. The van der Waals surface area contributed by atoms with Crippen molar-refractivity contribution in [3.63, 3.8) is 0 Å². The molecular formula is C14H16F7O6P. The van der Waals surface area contributed by atoms with Crippen LogP contribution in [0.5, 0.6) is 0 Å². The van der Waals surface area contributed by atoms with Gasteiger partial charge in [-0.3, -0.25) is 0 Å². The van der Waals surface area contributed by atoms with Gasteiger partial charge in [-0.15, -0.1) is 22.5 Å². The van der Waals surface area contributed by atoms with E-state index >= 15 is 0 Å². The van der Waals surface area contributed by atoms with E-state index in [1.54, 1.807) is 0 Å². The van der Waals surface area contributed by atoms with Gasteiger partial charge in [-0.05, 0) is 17.4 Å². The third-order valence-corrected chi connectivity index (χ3v) is 3.56. The Morgan fingerprint density at radius 2 is 1.18 bits per heavy atom. The summed E-state index contributed by atoms with van der Waals surface area (Å²) in [7, 11) is -5.54. The number of alkyl halides is 6. The molecule has 0 aliphatic heterocycles. The molecule has 0 aliphatic rings. The topological polar surface area (TPSA) is 63.2 Å². The van der Waals surface area contributed by atoms with Crippen LogP contribution in [0.2, 0.25) is 0 Å². The van der Waals surface area contributed by atoms with Gasteiger partial charge in [0.1, 0.15) is 12.2 Å². The zero-order chi connectivity index (χ0) is 22.2. The Kier molecular flexibility index (Phi) is 10.3. The summed E-state index contributed by atoms with van der Waals surface area (Å²) in [5.74, 6) is 0. The molecule has 0 radical (unpaired) electrons. The third kappa shape index (κ3) is 8.67. The normalized spacial score (nSPS) is 16.7. The molecule has 28 heavy (non-hydrogen) atoms. The Morgan fingerprint density at radius 3 is 1.39 bits per heavy atom. The summed E-state index contributed by atoms with van der Waals surface area (Å²) >= 11 is 0. The van der Waals surface area contributed by atoms with Crippen LogP contribution >= 0.6 is 7.82 Å². The fourth-order valence-corrected chi connectivity index (χ4v) is 1.88. The summed E-state index contributed by atoms with van der Waals surface area (Å²) in [5, 5.41) is 0. The molecular weight excluding hydrogens is 428 g/mol. The molecule has 0 rings (SSSR count). The van der Waals surface area contributed by atoms with Gasteiger partial charge in [-0.25, -0.2) is 14.3 Å². The van der Waals surface area contributed by atoms with E-state index in [9.17, 15) is 35.4 Å². The maximum Gasteiger partial charge on any atom is 0.560 e. The SMILES string of the molecule is C=CCC(OOP(=O)(OF)OOC(CC=C)C(=C)C(F)(F)F)C(=C)C(F)(F)F. The fraction of sp³-hybridized carbons (Fsp3) is 0.429. The molecule has 0 amide bonds. The average Bonchev–Trinajstić information content (AvgIpc) is 2.59. The minimum Gasteiger partial charge on any atom is -0.220 e. The van der Waals surface area contributed by atoms with E-state index in [0.29, 0.717) is 0 Å². The van der Waals surface area contributed by atoms with Crippen molar-refractivity contribution in [2.24, 2.45) is 0 Å². The summed E-state index contributed by atoms with van der Waals surface area (Å²) in [6, 6.07) is 0. The number of hydrogen-bond acceptors (Lipinski definition) is 6. The van der Waals surface area contributed by atoms with Gasteiger partial charge in [0, 0.05) is 0 Å². The molecule has 0 saturated heterocycles. The minimum absolute atomic E-state index is 0.574. The van der Waals surface area contributed by atoms with Crippen LogP contribution in [0, 0.1) is 0 Å². The highest BCUT2D eigenvalue weighted by Crippen LogP contribution is 2.52. The van der Waals surface area contributed by atoms with E-state index in [-0.39, 0.29) is 0 Å². The van der Waals surface area contributed by atoms with Crippen molar-refractivity contribution in [2.45, 2.75) is 37.4 Å². The second-order valence-corrected chi connectivity index (χ2v) is 6.26. The molecule has 0 bridgehead atoms. The largest absolute Gasteiger partial charge is 0.560 e. The fourth-order valence-electron chi connectivity index (χ4n) is 1.39. The number of rotatable bonds is 13. The average molecular weight is 444 g/mol. The van der Waals surface area contributed by atoms with Gasteiger partial charge in [0.15, 0.2) is 0 Å². The van der Waals surface area contributed by atoms with Crippen molar-refractivity contribution < 1.29 is 59.3 Å². The van der Waals surface area contributed by atoms with Crippen molar-refractivity contribution in [2.75, 3.05) is 0 Å². The van der Waals surface area contributed by atoms with E-state index in [2.05, 4.69) is 50.2 Å². The Hall–Kier alpha value is -1.50. The highest BCUT2D eigenvalue weighted by Gasteiger charge is 2.42. The van der Waals surface area contributed by atoms with Gasteiger partial charge < -0.3 is 0 Å². The van der Waals surface area contributed by atoms with Crippen LogP contribution in [0.1, 0.15) is 12.8 Å². The van der Waals surface area contributed by atoms with Crippen LogP contribution in [0.3, 0.4) is 0 Å². The van der Waals surface area contributed by atoms with Crippen molar-refractivity contribution in [3.05, 3.63) is 49.6 Å². The van der Waals surface area contributed by atoms with Crippen molar-refractivity contribution in [1.82, 2.24) is 0 Å². The lowest BCUT2D eigenvalue weighted by molar-refractivity contribution is -0.321. The molecule has 0 N–H and O–H groups in total. The quantitative estimate of drug-likeness (QED) is 0.114. The molecule has 0 fully saturated rings. The monoisotopic (exact) mass is 444 g/mol. The molecule has 0 heterocycles. The lowest BCUT2D eigenvalue weighted by atomic mass is 10.1. The zero-order valence-electron chi connectivity index (χ0n) is 14.1. The number of phosphoric acid groups is 1. The van der Waals surface area contributed by atoms with Crippen molar-refractivity contribution in [3.8, 4) is 0 Å². The standard InChI is InChI=1S/C14H16F7O6P/c1-5-7-11(9(3)13(15,16)17)23-26-28(22,25-21)27-24-12(8-6-2)10(4)14(18,19)20/h5-6,11-12H,1-4,7-8H2. The molecule has 0 saturated carbocycles. The van der Waals surface area contributed by atoms with Gasteiger partial charge in [-0.1, -0.05) is 30.0 Å². The minimum atomic E-state index is -5.54.